The minimum Gasteiger partial charge on any atom is -0.493 e. The molecule has 202 valence electrons. The molecule has 0 N–H and O–H groups in total. The molecule has 0 fully saturated rings. The lowest BCUT2D eigenvalue weighted by Crippen LogP contribution is -2.41. The number of nitrogens with zero attached hydrogens (tertiary/aromatic N) is 3. The van der Waals surface area contributed by atoms with Gasteiger partial charge in [0.1, 0.15) is 4.53 Å². The Balaban J connectivity index is 1.81. The summed E-state index contributed by atoms with van der Waals surface area (Å²) in [6.07, 6.45) is 0.774. The molecule has 10 heteroatoms. The number of carbonyl (C=O) groups is 2. The van der Waals surface area contributed by atoms with Crippen LogP contribution in [-0.4, -0.2) is 43.8 Å². The van der Waals surface area contributed by atoms with Crippen molar-refractivity contribution in [3.63, 3.8) is 0 Å². The van der Waals surface area contributed by atoms with Gasteiger partial charge in [-0.1, -0.05) is 42.5 Å². The summed E-state index contributed by atoms with van der Waals surface area (Å²) in [5.41, 5.74) is 2.76. The smallest absolute Gasteiger partial charge is 0.338 e. The van der Waals surface area contributed by atoms with Crippen molar-refractivity contribution in [2.75, 3.05) is 32.3 Å². The third kappa shape index (κ3) is 4.24. The number of aromatic nitrogens is 1. The lowest BCUT2D eigenvalue weighted by molar-refractivity contribution is -0.139. The molecule has 3 heterocycles. The molecule has 0 saturated carbocycles. The van der Waals surface area contributed by atoms with E-state index in [0.717, 1.165) is 23.4 Å². The predicted molar refractivity (Wildman–Crippen MR) is 148 cm³/mol. The van der Waals surface area contributed by atoms with E-state index in [9.17, 15) is 14.4 Å². The monoisotopic (exact) mass is 547 g/mol. The van der Waals surface area contributed by atoms with Gasteiger partial charge in [-0.3, -0.25) is 14.2 Å². The number of allylic oxidation sites excluding steroid dienone is 1. The third-order valence-electron chi connectivity index (χ3n) is 6.81. The van der Waals surface area contributed by atoms with Gasteiger partial charge in [-0.15, -0.1) is 0 Å². The minimum atomic E-state index is -0.840. The van der Waals surface area contributed by atoms with Crippen LogP contribution in [0, 0.1) is 0 Å². The molecule has 2 aromatic carbocycles. The van der Waals surface area contributed by atoms with Gasteiger partial charge in [0.2, 0.25) is 0 Å². The summed E-state index contributed by atoms with van der Waals surface area (Å²) in [5.74, 6) is 0.187. The van der Waals surface area contributed by atoms with E-state index in [1.165, 1.54) is 18.8 Å². The number of carbonyl (C=O) groups excluding carboxylic acids is 2. The van der Waals surface area contributed by atoms with E-state index in [1.807, 2.05) is 31.2 Å². The van der Waals surface area contributed by atoms with Crippen molar-refractivity contribution in [1.29, 1.82) is 0 Å². The third-order valence-corrected chi connectivity index (χ3v) is 7.87. The van der Waals surface area contributed by atoms with Crippen LogP contribution in [-0.2, 0) is 14.3 Å². The molecule has 9 nitrogen and oxygen atoms in total. The normalized spacial score (nSPS) is 17.5. The van der Waals surface area contributed by atoms with Crippen LogP contribution in [0.3, 0.4) is 0 Å². The number of amides is 1. The van der Waals surface area contributed by atoms with Crippen LogP contribution in [0.4, 0.5) is 5.69 Å². The maximum atomic E-state index is 14.2. The van der Waals surface area contributed by atoms with Gasteiger partial charge in [-0.25, -0.2) is 9.79 Å². The van der Waals surface area contributed by atoms with E-state index in [1.54, 1.807) is 36.9 Å². The number of hydrogen-bond acceptors (Lipinski definition) is 8. The number of hydrogen-bond donors (Lipinski definition) is 0. The number of esters is 1. The Bertz CT molecular complexity index is 1700. The van der Waals surface area contributed by atoms with Crippen LogP contribution < -0.4 is 29.3 Å². The van der Waals surface area contributed by atoms with Crippen LogP contribution >= 0.6 is 11.3 Å². The van der Waals surface area contributed by atoms with Gasteiger partial charge < -0.3 is 19.1 Å². The molecule has 3 aromatic rings. The molecule has 1 atom stereocenters. The van der Waals surface area contributed by atoms with Gasteiger partial charge in [0.05, 0.1) is 49.4 Å². The average Bonchev–Trinajstić information content (AvgIpc) is 3.40. The van der Waals surface area contributed by atoms with Gasteiger partial charge in [-0.2, -0.15) is 0 Å². The van der Waals surface area contributed by atoms with Gasteiger partial charge in [-0.05, 0) is 44.0 Å². The number of para-hydroxylation sites is 1. The molecule has 0 spiro atoms. The maximum Gasteiger partial charge on any atom is 0.338 e. The zero-order valence-electron chi connectivity index (χ0n) is 22.4. The van der Waals surface area contributed by atoms with Gasteiger partial charge in [0, 0.05) is 12.1 Å². The van der Waals surface area contributed by atoms with Crippen molar-refractivity contribution in [2.45, 2.75) is 33.2 Å². The van der Waals surface area contributed by atoms with Crippen molar-refractivity contribution in [2.24, 2.45) is 4.99 Å². The van der Waals surface area contributed by atoms with Crippen LogP contribution in [0.15, 0.2) is 63.5 Å². The van der Waals surface area contributed by atoms with E-state index in [4.69, 9.17) is 14.2 Å². The van der Waals surface area contributed by atoms with Crippen molar-refractivity contribution < 1.29 is 23.8 Å². The molecule has 2 aliphatic heterocycles. The van der Waals surface area contributed by atoms with Crippen LogP contribution in [0.2, 0.25) is 0 Å². The fourth-order valence-electron chi connectivity index (χ4n) is 5.13. The van der Waals surface area contributed by atoms with Gasteiger partial charge in [0.15, 0.2) is 16.3 Å². The summed E-state index contributed by atoms with van der Waals surface area (Å²) >= 11 is 1.15. The number of fused-ring (bicyclic) bond motifs is 2. The summed E-state index contributed by atoms with van der Waals surface area (Å²) in [6, 6.07) is 11.9. The number of anilines is 1. The molecule has 0 aliphatic carbocycles. The summed E-state index contributed by atoms with van der Waals surface area (Å²) in [6.45, 7) is 6.16. The maximum absolute atomic E-state index is 14.2. The molecule has 39 heavy (non-hydrogen) atoms. The Morgan fingerprint density at radius 2 is 1.79 bits per heavy atom. The fraction of sp³-hybridized carbons (Fsp3) is 0.310. The Kier molecular flexibility index (Phi) is 7.14. The van der Waals surface area contributed by atoms with E-state index in [0.29, 0.717) is 45.2 Å². The first kappa shape index (κ1) is 26.4. The van der Waals surface area contributed by atoms with Crippen LogP contribution in [0.5, 0.6) is 11.5 Å². The highest BCUT2D eigenvalue weighted by Gasteiger charge is 2.37. The lowest BCUT2D eigenvalue weighted by atomic mass is 9.95. The lowest BCUT2D eigenvalue weighted by Gasteiger charge is -2.25. The molecular formula is C29H29N3O6S. The van der Waals surface area contributed by atoms with Crippen molar-refractivity contribution in [3.8, 4) is 11.5 Å². The average molecular weight is 548 g/mol. The molecule has 5 rings (SSSR count). The first-order valence-corrected chi connectivity index (χ1v) is 13.5. The van der Waals surface area contributed by atoms with Crippen molar-refractivity contribution >= 4 is 34.5 Å². The van der Waals surface area contributed by atoms with Crippen molar-refractivity contribution in [1.82, 2.24) is 4.57 Å². The standard InChI is InChI=1S/C29H29N3O6S/c1-6-14-31-19-11-9-8-10-18(19)23(26(31)33)25-27(34)32-24(17-12-13-20(36-4)21(15-17)37-5)22(28(35)38-7-2)16(3)30-29(32)39-25/h8-13,15,24H,6-7,14H2,1-5H3/t24-/m0/s1. The van der Waals surface area contributed by atoms with E-state index < -0.39 is 17.6 Å². The number of benzene rings is 2. The molecule has 1 amide bonds. The zero-order chi connectivity index (χ0) is 27.8. The quantitative estimate of drug-likeness (QED) is 0.422. The van der Waals surface area contributed by atoms with E-state index in [-0.39, 0.29) is 22.6 Å². The summed E-state index contributed by atoms with van der Waals surface area (Å²) in [5, 5.41) is 0. The second-order valence-electron chi connectivity index (χ2n) is 9.09. The molecule has 0 radical (unpaired) electrons. The Labute approximate surface area is 229 Å². The Hall–Kier alpha value is -4.18. The zero-order valence-corrected chi connectivity index (χ0v) is 23.3. The highest BCUT2D eigenvalue weighted by atomic mass is 32.1. The molecule has 0 unspecified atom stereocenters. The van der Waals surface area contributed by atoms with Crippen molar-refractivity contribution in [3.05, 3.63) is 84.5 Å². The topological polar surface area (TPSA) is 99.4 Å². The fourth-order valence-corrected chi connectivity index (χ4v) is 6.26. The molecule has 2 aliphatic rings. The van der Waals surface area contributed by atoms with E-state index in [2.05, 4.69) is 4.99 Å². The second kappa shape index (κ2) is 10.5. The first-order chi connectivity index (χ1) is 18.9. The molecule has 1 aromatic heterocycles. The van der Waals surface area contributed by atoms with Gasteiger partial charge >= 0.3 is 5.97 Å². The van der Waals surface area contributed by atoms with E-state index >= 15 is 0 Å². The molecule has 0 bridgehead atoms. The Morgan fingerprint density at radius 1 is 1.05 bits per heavy atom. The molecule has 0 saturated heterocycles. The number of thiazole rings is 1. The molecular weight excluding hydrogens is 518 g/mol. The minimum absolute atomic E-state index is 0.168. The highest BCUT2D eigenvalue weighted by Crippen LogP contribution is 2.37. The SMILES string of the molecule is CCCN1C(=O)C(=c2sc3n(c2=O)[C@@H](c2ccc(OC)c(OC)c2)C(C(=O)OCC)=C(C)N=3)c2ccccc21. The second-order valence-corrected chi connectivity index (χ2v) is 10.1. The Morgan fingerprint density at radius 3 is 2.49 bits per heavy atom. The summed E-state index contributed by atoms with van der Waals surface area (Å²) in [7, 11) is 3.06. The summed E-state index contributed by atoms with van der Waals surface area (Å²) < 4.78 is 18.0. The highest BCUT2D eigenvalue weighted by molar-refractivity contribution is 7.07. The number of rotatable bonds is 7. The largest absolute Gasteiger partial charge is 0.493 e. The van der Waals surface area contributed by atoms with Crippen LogP contribution in [0.1, 0.15) is 44.4 Å². The van der Waals surface area contributed by atoms with Crippen LogP contribution in [0.25, 0.3) is 5.57 Å². The number of methoxy groups -OCH3 is 2. The van der Waals surface area contributed by atoms with Gasteiger partial charge in [0.25, 0.3) is 11.5 Å². The number of ether oxygens (including phenoxy) is 3. The summed E-state index contributed by atoms with van der Waals surface area (Å²) in [4.78, 5) is 47.8. The predicted octanol–water partition coefficient (Wildman–Crippen LogP) is 2.94. The first-order valence-electron chi connectivity index (χ1n) is 12.7.